The Morgan fingerprint density at radius 2 is 2.15 bits per heavy atom. The van der Waals surface area contributed by atoms with Crippen LogP contribution in [0.4, 0.5) is 4.39 Å². The summed E-state index contributed by atoms with van der Waals surface area (Å²) in [7, 11) is 1.48. The first-order valence-electron chi connectivity index (χ1n) is 7.09. The smallest absolute Gasteiger partial charge is 0.189 e. The van der Waals surface area contributed by atoms with Gasteiger partial charge in [0.05, 0.1) is 13.2 Å². The number of aliphatic imine (C=N–C) groups is 1. The van der Waals surface area contributed by atoms with Crippen molar-refractivity contribution in [3.05, 3.63) is 29.6 Å². The van der Waals surface area contributed by atoms with Crippen molar-refractivity contribution in [3.63, 3.8) is 0 Å². The highest BCUT2D eigenvalue weighted by Gasteiger charge is 2.31. The van der Waals surface area contributed by atoms with Crippen molar-refractivity contribution in [2.45, 2.75) is 43.7 Å². The average molecular weight is 277 g/mol. The van der Waals surface area contributed by atoms with Crippen molar-refractivity contribution in [1.82, 2.24) is 5.32 Å². The summed E-state index contributed by atoms with van der Waals surface area (Å²) in [5.74, 6) is 0.943. The zero-order valence-corrected chi connectivity index (χ0v) is 11.6. The van der Waals surface area contributed by atoms with Crippen LogP contribution < -0.4 is 15.8 Å². The van der Waals surface area contributed by atoms with E-state index in [1.165, 1.54) is 7.11 Å². The van der Waals surface area contributed by atoms with E-state index in [0.29, 0.717) is 29.7 Å². The normalized spacial score (nSPS) is 26.0. The standard InChI is InChI=1S/C15H20FN3O/c1-20-14-5-2-9(8-13(14)16)10-6-12(7-10)19-15(17)18-11-3-4-11/h2,5,8,10-12H,3-4,6-7H2,1H3,(H3,17,18,19). The Hall–Kier alpha value is -1.78. The summed E-state index contributed by atoms with van der Waals surface area (Å²) in [6.07, 6.45) is 4.24. The van der Waals surface area contributed by atoms with E-state index in [4.69, 9.17) is 10.5 Å². The third kappa shape index (κ3) is 2.86. The molecule has 0 saturated heterocycles. The molecule has 0 atom stereocenters. The average Bonchev–Trinajstić information content (AvgIpc) is 3.17. The molecule has 3 N–H and O–H groups in total. The van der Waals surface area contributed by atoms with Gasteiger partial charge in [0.15, 0.2) is 17.5 Å². The number of benzene rings is 1. The lowest BCUT2D eigenvalue weighted by Crippen LogP contribution is -2.46. The Balaban J connectivity index is 1.53. The topological polar surface area (TPSA) is 59.6 Å². The number of nitrogens with one attached hydrogen (secondary N) is 1. The third-order valence-electron chi connectivity index (χ3n) is 4.01. The molecule has 1 aromatic rings. The minimum absolute atomic E-state index is 0.295. The molecule has 0 spiro atoms. The van der Waals surface area contributed by atoms with E-state index in [0.717, 1.165) is 31.2 Å². The first-order chi connectivity index (χ1) is 9.65. The number of guanidine groups is 1. The number of hydrogen-bond donors (Lipinski definition) is 2. The monoisotopic (exact) mass is 277 g/mol. The molecule has 0 heterocycles. The van der Waals surface area contributed by atoms with E-state index in [-0.39, 0.29) is 5.82 Å². The maximum Gasteiger partial charge on any atom is 0.189 e. The van der Waals surface area contributed by atoms with Crippen LogP contribution in [0.2, 0.25) is 0 Å². The molecule has 108 valence electrons. The summed E-state index contributed by atoms with van der Waals surface area (Å²) in [4.78, 5) is 4.35. The van der Waals surface area contributed by atoms with Gasteiger partial charge in [-0.2, -0.15) is 0 Å². The van der Waals surface area contributed by atoms with Gasteiger partial charge in [-0.1, -0.05) is 6.07 Å². The fourth-order valence-corrected chi connectivity index (χ4v) is 2.59. The van der Waals surface area contributed by atoms with Gasteiger partial charge in [0.25, 0.3) is 0 Å². The summed E-state index contributed by atoms with van der Waals surface area (Å²) in [5, 5.41) is 3.23. The minimum Gasteiger partial charge on any atom is -0.494 e. The molecular weight excluding hydrogens is 257 g/mol. The fraction of sp³-hybridized carbons (Fsp3) is 0.533. The zero-order chi connectivity index (χ0) is 14.1. The first kappa shape index (κ1) is 13.2. The summed E-state index contributed by atoms with van der Waals surface area (Å²) in [5.41, 5.74) is 6.86. The number of methoxy groups -OCH3 is 1. The lowest BCUT2D eigenvalue weighted by Gasteiger charge is -2.36. The molecular formula is C15H20FN3O. The molecule has 4 nitrogen and oxygen atoms in total. The number of nitrogens with zero attached hydrogens (tertiary/aromatic N) is 1. The molecule has 20 heavy (non-hydrogen) atoms. The molecule has 2 fully saturated rings. The lowest BCUT2D eigenvalue weighted by molar-refractivity contribution is 0.321. The molecule has 0 bridgehead atoms. The van der Waals surface area contributed by atoms with Gasteiger partial charge in [-0.15, -0.1) is 0 Å². The SMILES string of the molecule is COc1ccc(C2CC(NC(N)=NC3CC3)C2)cc1F. The number of halogens is 1. The largest absolute Gasteiger partial charge is 0.494 e. The van der Waals surface area contributed by atoms with Gasteiger partial charge in [0.1, 0.15) is 0 Å². The highest BCUT2D eigenvalue weighted by Crippen LogP contribution is 2.38. The van der Waals surface area contributed by atoms with Crippen LogP contribution in [0.5, 0.6) is 5.75 Å². The molecule has 0 aromatic heterocycles. The Kier molecular flexibility index (Phi) is 3.51. The quantitative estimate of drug-likeness (QED) is 0.655. The van der Waals surface area contributed by atoms with Gasteiger partial charge < -0.3 is 15.8 Å². The highest BCUT2D eigenvalue weighted by atomic mass is 19.1. The third-order valence-corrected chi connectivity index (χ3v) is 4.01. The number of rotatable bonds is 4. The predicted octanol–water partition coefficient (Wildman–Crippen LogP) is 2.15. The van der Waals surface area contributed by atoms with Crippen molar-refractivity contribution in [2.75, 3.05) is 7.11 Å². The van der Waals surface area contributed by atoms with Crippen molar-refractivity contribution in [1.29, 1.82) is 0 Å². The summed E-state index contributed by atoms with van der Waals surface area (Å²) < 4.78 is 18.6. The van der Waals surface area contributed by atoms with E-state index in [1.54, 1.807) is 12.1 Å². The van der Waals surface area contributed by atoms with E-state index in [2.05, 4.69) is 10.3 Å². The number of ether oxygens (including phenoxy) is 1. The second-order valence-corrected chi connectivity index (χ2v) is 5.65. The number of hydrogen-bond acceptors (Lipinski definition) is 2. The van der Waals surface area contributed by atoms with Crippen molar-refractivity contribution in [3.8, 4) is 5.75 Å². The van der Waals surface area contributed by atoms with Crippen LogP contribution in [0.15, 0.2) is 23.2 Å². The van der Waals surface area contributed by atoms with E-state index in [9.17, 15) is 4.39 Å². The van der Waals surface area contributed by atoms with Crippen LogP contribution in [0.1, 0.15) is 37.2 Å². The Morgan fingerprint density at radius 3 is 2.75 bits per heavy atom. The highest BCUT2D eigenvalue weighted by molar-refractivity contribution is 5.78. The van der Waals surface area contributed by atoms with Crippen molar-refractivity contribution < 1.29 is 9.13 Å². The molecule has 2 aliphatic carbocycles. The molecule has 0 radical (unpaired) electrons. The van der Waals surface area contributed by atoms with Crippen molar-refractivity contribution in [2.24, 2.45) is 10.7 Å². The minimum atomic E-state index is -0.295. The Bertz CT molecular complexity index is 522. The van der Waals surface area contributed by atoms with Gasteiger partial charge in [-0.05, 0) is 49.3 Å². The van der Waals surface area contributed by atoms with Crippen LogP contribution >= 0.6 is 0 Å². The molecule has 2 saturated carbocycles. The second-order valence-electron chi connectivity index (χ2n) is 5.65. The molecule has 0 amide bonds. The van der Waals surface area contributed by atoms with Gasteiger partial charge in [-0.3, -0.25) is 4.99 Å². The molecule has 5 heteroatoms. The summed E-state index contributed by atoms with van der Waals surface area (Å²) in [6.45, 7) is 0. The van der Waals surface area contributed by atoms with Crippen molar-refractivity contribution >= 4 is 5.96 Å². The molecule has 1 aromatic carbocycles. The second kappa shape index (κ2) is 5.31. The Morgan fingerprint density at radius 1 is 1.40 bits per heavy atom. The Labute approximate surface area is 118 Å². The maximum absolute atomic E-state index is 13.6. The van der Waals surface area contributed by atoms with Crippen LogP contribution in [-0.4, -0.2) is 25.2 Å². The van der Waals surface area contributed by atoms with E-state index in [1.807, 2.05) is 6.07 Å². The first-order valence-corrected chi connectivity index (χ1v) is 7.09. The van der Waals surface area contributed by atoms with E-state index < -0.39 is 0 Å². The predicted molar refractivity (Wildman–Crippen MR) is 76.5 cm³/mol. The van der Waals surface area contributed by atoms with Gasteiger partial charge in [0.2, 0.25) is 0 Å². The maximum atomic E-state index is 13.6. The van der Waals surface area contributed by atoms with Crippen LogP contribution in [0.3, 0.4) is 0 Å². The fourth-order valence-electron chi connectivity index (χ4n) is 2.59. The van der Waals surface area contributed by atoms with Crippen LogP contribution in [0.25, 0.3) is 0 Å². The zero-order valence-electron chi connectivity index (χ0n) is 11.6. The summed E-state index contributed by atoms with van der Waals surface area (Å²) in [6, 6.07) is 5.99. The van der Waals surface area contributed by atoms with Gasteiger partial charge in [-0.25, -0.2) is 4.39 Å². The molecule has 2 aliphatic rings. The molecule has 3 rings (SSSR count). The van der Waals surface area contributed by atoms with Gasteiger partial charge >= 0.3 is 0 Å². The molecule has 0 aliphatic heterocycles. The number of nitrogens with two attached hydrogens (primary N) is 1. The van der Waals surface area contributed by atoms with Crippen LogP contribution in [0, 0.1) is 5.82 Å². The van der Waals surface area contributed by atoms with E-state index >= 15 is 0 Å². The van der Waals surface area contributed by atoms with Gasteiger partial charge in [0, 0.05) is 6.04 Å². The lowest BCUT2D eigenvalue weighted by atomic mass is 9.76. The molecule has 0 unspecified atom stereocenters. The van der Waals surface area contributed by atoms with Crippen LogP contribution in [-0.2, 0) is 0 Å². The summed E-state index contributed by atoms with van der Waals surface area (Å²) >= 11 is 0.